The van der Waals surface area contributed by atoms with Crippen LogP contribution in [0, 0.1) is 10.5 Å². The van der Waals surface area contributed by atoms with Crippen molar-refractivity contribution < 1.29 is 4.79 Å². The molecule has 2 unspecified atom stereocenters. The molecule has 1 aromatic carbocycles. The lowest BCUT2D eigenvalue weighted by molar-refractivity contribution is -0.118. The van der Waals surface area contributed by atoms with Crippen LogP contribution in [0.1, 0.15) is 31.7 Å². The summed E-state index contributed by atoms with van der Waals surface area (Å²) in [5.41, 5.74) is 8.05. The third kappa shape index (κ3) is 4.66. The van der Waals surface area contributed by atoms with Crippen LogP contribution in [-0.4, -0.2) is 36.0 Å². The highest BCUT2D eigenvalue weighted by Crippen LogP contribution is 2.20. The number of nitrogens with one attached hydrogen (secondary N) is 1. The van der Waals surface area contributed by atoms with Crippen molar-refractivity contribution in [2.24, 2.45) is 5.73 Å². The predicted molar refractivity (Wildman–Crippen MR) is 95.4 cm³/mol. The Labute approximate surface area is 140 Å². The Bertz CT molecular complexity index is 504. The van der Waals surface area contributed by atoms with E-state index in [2.05, 4.69) is 38.9 Å². The summed E-state index contributed by atoms with van der Waals surface area (Å²) in [6, 6.07) is 6.48. The van der Waals surface area contributed by atoms with E-state index in [0.29, 0.717) is 12.6 Å². The summed E-state index contributed by atoms with van der Waals surface area (Å²) in [6.45, 7) is 5.44. The maximum Gasteiger partial charge on any atom is 0.238 e. The number of carbonyl (C=O) groups excluding carboxylic acids is 1. The van der Waals surface area contributed by atoms with Gasteiger partial charge in [-0.2, -0.15) is 0 Å². The van der Waals surface area contributed by atoms with Gasteiger partial charge in [0.15, 0.2) is 0 Å². The number of benzene rings is 1. The van der Waals surface area contributed by atoms with Gasteiger partial charge in [-0.1, -0.05) is 6.42 Å². The standard InChI is InChI=1S/C16H24IN3O/c1-11-9-13(17)6-7-14(11)19-16(21)10-20-8-4-3-5-15(20)12(2)18/h6-7,9,12,15H,3-5,8,10,18H2,1-2H3,(H,19,21). The van der Waals surface area contributed by atoms with Gasteiger partial charge in [0.25, 0.3) is 0 Å². The minimum absolute atomic E-state index is 0.0480. The third-order valence-electron chi connectivity index (χ3n) is 4.08. The molecule has 0 radical (unpaired) electrons. The molecule has 2 atom stereocenters. The van der Waals surface area contributed by atoms with Gasteiger partial charge in [0.1, 0.15) is 0 Å². The summed E-state index contributed by atoms with van der Waals surface area (Å²) in [5, 5.41) is 3.02. The Morgan fingerprint density at radius 3 is 2.95 bits per heavy atom. The van der Waals surface area contributed by atoms with Gasteiger partial charge in [-0.05, 0) is 79.6 Å². The first kappa shape index (κ1) is 16.7. The molecule has 1 aliphatic heterocycles. The number of nitrogens with two attached hydrogens (primary N) is 1. The number of halogens is 1. The molecule has 2 rings (SSSR count). The van der Waals surface area contributed by atoms with Gasteiger partial charge in [-0.3, -0.25) is 9.69 Å². The van der Waals surface area contributed by atoms with Gasteiger partial charge in [0, 0.05) is 21.3 Å². The second kappa shape index (κ2) is 7.56. The predicted octanol–water partition coefficient (Wildman–Crippen LogP) is 2.74. The van der Waals surface area contributed by atoms with Crippen LogP contribution < -0.4 is 11.1 Å². The zero-order chi connectivity index (χ0) is 15.4. The number of carbonyl (C=O) groups is 1. The molecule has 0 aromatic heterocycles. The summed E-state index contributed by atoms with van der Waals surface area (Å²) in [7, 11) is 0. The number of likely N-dealkylation sites (tertiary alicyclic amines) is 1. The fraction of sp³-hybridized carbons (Fsp3) is 0.562. The summed E-state index contributed by atoms with van der Waals surface area (Å²) < 4.78 is 1.18. The van der Waals surface area contributed by atoms with E-state index in [1.54, 1.807) is 0 Å². The molecule has 4 nitrogen and oxygen atoms in total. The molecular formula is C16H24IN3O. The van der Waals surface area contributed by atoms with Crippen LogP contribution in [0.5, 0.6) is 0 Å². The topological polar surface area (TPSA) is 58.4 Å². The molecule has 1 heterocycles. The smallest absolute Gasteiger partial charge is 0.238 e. The van der Waals surface area contributed by atoms with Gasteiger partial charge in [-0.15, -0.1) is 0 Å². The Balaban J connectivity index is 1.97. The van der Waals surface area contributed by atoms with E-state index in [-0.39, 0.29) is 11.9 Å². The molecule has 1 amide bonds. The van der Waals surface area contributed by atoms with Crippen molar-refractivity contribution in [1.82, 2.24) is 4.90 Å². The van der Waals surface area contributed by atoms with Crippen LogP contribution in [0.15, 0.2) is 18.2 Å². The van der Waals surface area contributed by atoms with Crippen molar-refractivity contribution in [2.75, 3.05) is 18.4 Å². The number of anilines is 1. The van der Waals surface area contributed by atoms with Crippen molar-refractivity contribution >= 4 is 34.2 Å². The normalized spacial score (nSPS) is 21.0. The van der Waals surface area contributed by atoms with Crippen LogP contribution in [0.4, 0.5) is 5.69 Å². The van der Waals surface area contributed by atoms with E-state index in [1.165, 1.54) is 9.99 Å². The van der Waals surface area contributed by atoms with E-state index < -0.39 is 0 Å². The third-order valence-corrected chi connectivity index (χ3v) is 4.75. The zero-order valence-corrected chi connectivity index (χ0v) is 14.9. The van der Waals surface area contributed by atoms with E-state index >= 15 is 0 Å². The molecule has 3 N–H and O–H groups in total. The minimum atomic E-state index is 0.0480. The van der Waals surface area contributed by atoms with Crippen molar-refractivity contribution in [2.45, 2.75) is 45.2 Å². The monoisotopic (exact) mass is 401 g/mol. The van der Waals surface area contributed by atoms with Crippen molar-refractivity contribution in [3.05, 3.63) is 27.3 Å². The molecule has 1 saturated heterocycles. The van der Waals surface area contributed by atoms with E-state index in [0.717, 1.165) is 30.6 Å². The zero-order valence-electron chi connectivity index (χ0n) is 12.7. The number of rotatable bonds is 4. The lowest BCUT2D eigenvalue weighted by Gasteiger charge is -2.37. The van der Waals surface area contributed by atoms with Gasteiger partial charge < -0.3 is 11.1 Å². The Kier molecular flexibility index (Phi) is 6.01. The molecule has 21 heavy (non-hydrogen) atoms. The second-order valence-corrected chi connectivity index (χ2v) is 7.15. The van der Waals surface area contributed by atoms with E-state index in [9.17, 15) is 4.79 Å². The summed E-state index contributed by atoms with van der Waals surface area (Å²) in [4.78, 5) is 14.5. The van der Waals surface area contributed by atoms with E-state index in [1.807, 2.05) is 26.0 Å². The molecule has 0 saturated carbocycles. The summed E-state index contributed by atoms with van der Waals surface area (Å²) >= 11 is 2.28. The molecule has 0 bridgehead atoms. The fourth-order valence-electron chi connectivity index (χ4n) is 2.95. The fourth-order valence-corrected chi connectivity index (χ4v) is 3.60. The van der Waals surface area contributed by atoms with Crippen molar-refractivity contribution in [3.63, 3.8) is 0 Å². The Hall–Kier alpha value is -0.660. The first-order chi connectivity index (χ1) is 9.97. The number of piperidine rings is 1. The Morgan fingerprint density at radius 2 is 2.29 bits per heavy atom. The van der Waals surface area contributed by atoms with Crippen LogP contribution in [0.25, 0.3) is 0 Å². The molecule has 0 aliphatic carbocycles. The number of aryl methyl sites for hydroxylation is 1. The van der Waals surface area contributed by atoms with Crippen LogP contribution >= 0.6 is 22.6 Å². The maximum atomic E-state index is 12.3. The van der Waals surface area contributed by atoms with Crippen molar-refractivity contribution in [3.8, 4) is 0 Å². The van der Waals surface area contributed by atoms with Crippen molar-refractivity contribution in [1.29, 1.82) is 0 Å². The maximum absolute atomic E-state index is 12.3. The van der Waals surface area contributed by atoms with Gasteiger partial charge in [0.05, 0.1) is 6.54 Å². The van der Waals surface area contributed by atoms with Gasteiger partial charge >= 0.3 is 0 Å². The van der Waals surface area contributed by atoms with Gasteiger partial charge in [-0.25, -0.2) is 0 Å². The van der Waals surface area contributed by atoms with E-state index in [4.69, 9.17) is 5.73 Å². The molecular weight excluding hydrogens is 377 g/mol. The van der Waals surface area contributed by atoms with Crippen LogP contribution in [0.3, 0.4) is 0 Å². The summed E-state index contributed by atoms with van der Waals surface area (Å²) in [5.74, 6) is 0.0480. The molecule has 116 valence electrons. The lowest BCUT2D eigenvalue weighted by Crippen LogP contribution is -2.51. The van der Waals surface area contributed by atoms with Crippen LogP contribution in [-0.2, 0) is 4.79 Å². The largest absolute Gasteiger partial charge is 0.327 e. The first-order valence-electron chi connectivity index (χ1n) is 7.53. The number of hydrogen-bond acceptors (Lipinski definition) is 3. The summed E-state index contributed by atoms with van der Waals surface area (Å²) in [6.07, 6.45) is 3.45. The number of nitrogens with zero attached hydrogens (tertiary/aromatic N) is 1. The molecule has 5 heteroatoms. The Morgan fingerprint density at radius 1 is 1.52 bits per heavy atom. The SMILES string of the molecule is Cc1cc(I)ccc1NC(=O)CN1CCCCC1C(C)N. The average Bonchev–Trinajstić information content (AvgIpc) is 2.42. The average molecular weight is 401 g/mol. The number of amides is 1. The molecule has 1 fully saturated rings. The molecule has 1 aliphatic rings. The van der Waals surface area contributed by atoms with Gasteiger partial charge in [0.2, 0.25) is 5.91 Å². The highest BCUT2D eigenvalue weighted by Gasteiger charge is 2.26. The highest BCUT2D eigenvalue weighted by atomic mass is 127. The van der Waals surface area contributed by atoms with Crippen LogP contribution in [0.2, 0.25) is 0 Å². The second-order valence-electron chi connectivity index (χ2n) is 5.90. The highest BCUT2D eigenvalue weighted by molar-refractivity contribution is 14.1. The quantitative estimate of drug-likeness (QED) is 0.763. The lowest BCUT2D eigenvalue weighted by atomic mass is 9.97. The number of hydrogen-bond donors (Lipinski definition) is 2. The molecule has 1 aromatic rings. The molecule has 0 spiro atoms. The first-order valence-corrected chi connectivity index (χ1v) is 8.61. The minimum Gasteiger partial charge on any atom is -0.327 e.